The lowest BCUT2D eigenvalue weighted by Crippen LogP contribution is -2.30. The first-order valence-electron chi connectivity index (χ1n) is 9.15. The molecule has 0 aliphatic carbocycles. The van der Waals surface area contributed by atoms with Gasteiger partial charge in [0.25, 0.3) is 5.91 Å². The van der Waals surface area contributed by atoms with Crippen LogP contribution in [0.25, 0.3) is 0 Å². The summed E-state index contributed by atoms with van der Waals surface area (Å²) in [5.74, 6) is -0.313. The number of nitrogens with zero attached hydrogens (tertiary/aromatic N) is 1. The zero-order valence-electron chi connectivity index (χ0n) is 16.3. The van der Waals surface area contributed by atoms with E-state index in [9.17, 15) is 14.4 Å². The number of amides is 2. The van der Waals surface area contributed by atoms with Gasteiger partial charge in [-0.1, -0.05) is 6.07 Å². The quantitative estimate of drug-likeness (QED) is 0.682. The fourth-order valence-electron chi connectivity index (χ4n) is 2.92. The molecule has 1 N–H and O–H groups in total. The van der Waals surface area contributed by atoms with Gasteiger partial charge in [0.2, 0.25) is 5.91 Å². The minimum atomic E-state index is -0.236. The largest absolute Gasteiger partial charge is 0.339 e. The predicted octanol–water partition coefficient (Wildman–Crippen LogP) is 4.45. The maximum absolute atomic E-state index is 12.4. The third-order valence-electron chi connectivity index (χ3n) is 4.36. The highest BCUT2D eigenvalue weighted by molar-refractivity contribution is 7.12. The summed E-state index contributed by atoms with van der Waals surface area (Å²) in [4.78, 5) is 40.7. The first-order chi connectivity index (χ1) is 12.8. The number of nitrogens with one attached hydrogen (secondary N) is 1. The molecule has 0 saturated carbocycles. The lowest BCUT2D eigenvalue weighted by atomic mass is 10.1. The number of thiophene rings is 1. The Morgan fingerprint density at radius 2 is 1.74 bits per heavy atom. The summed E-state index contributed by atoms with van der Waals surface area (Å²) in [6, 6.07) is 8.77. The van der Waals surface area contributed by atoms with Crippen molar-refractivity contribution >= 4 is 34.6 Å². The van der Waals surface area contributed by atoms with Crippen LogP contribution in [0, 0.1) is 13.8 Å². The maximum Gasteiger partial charge on any atom is 0.253 e. The second-order valence-electron chi connectivity index (χ2n) is 6.36. The molecule has 0 atom stereocenters. The fraction of sp³-hybridized carbons (Fsp3) is 0.381. The predicted molar refractivity (Wildman–Crippen MR) is 110 cm³/mol. The van der Waals surface area contributed by atoms with E-state index in [2.05, 4.69) is 5.32 Å². The third-order valence-corrected chi connectivity index (χ3v) is 5.33. The Balaban J connectivity index is 1.96. The van der Waals surface area contributed by atoms with Crippen LogP contribution >= 0.6 is 11.3 Å². The monoisotopic (exact) mass is 386 g/mol. The molecule has 1 aromatic carbocycles. The number of anilines is 1. The average Bonchev–Trinajstić information content (AvgIpc) is 2.99. The molecule has 27 heavy (non-hydrogen) atoms. The van der Waals surface area contributed by atoms with Crippen LogP contribution in [0.3, 0.4) is 0 Å². The smallest absolute Gasteiger partial charge is 0.253 e. The summed E-state index contributed by atoms with van der Waals surface area (Å²) >= 11 is 1.59. The standard InChI is InChI=1S/C21H26N2O3S/c1-5-23(6-2)21(26)16-8-7-9-17(13-16)22-20(25)11-10-19(24)18-12-14(3)27-15(18)4/h7-9,12-13H,5-6,10-11H2,1-4H3,(H,22,25). The number of aryl methyl sites for hydroxylation is 2. The maximum atomic E-state index is 12.4. The van der Waals surface area contributed by atoms with Crippen molar-refractivity contribution in [3.63, 3.8) is 0 Å². The molecule has 0 fully saturated rings. The van der Waals surface area contributed by atoms with Crippen molar-refractivity contribution < 1.29 is 14.4 Å². The van der Waals surface area contributed by atoms with E-state index in [-0.39, 0.29) is 30.4 Å². The second kappa shape index (κ2) is 9.46. The van der Waals surface area contributed by atoms with Gasteiger partial charge in [-0.2, -0.15) is 0 Å². The topological polar surface area (TPSA) is 66.5 Å². The highest BCUT2D eigenvalue weighted by Crippen LogP contribution is 2.22. The van der Waals surface area contributed by atoms with Gasteiger partial charge in [-0.25, -0.2) is 0 Å². The van der Waals surface area contributed by atoms with Crippen molar-refractivity contribution in [2.75, 3.05) is 18.4 Å². The zero-order chi connectivity index (χ0) is 20.0. The van der Waals surface area contributed by atoms with Gasteiger partial charge in [0.1, 0.15) is 0 Å². The van der Waals surface area contributed by atoms with E-state index in [1.54, 1.807) is 40.5 Å². The van der Waals surface area contributed by atoms with Crippen molar-refractivity contribution in [3.8, 4) is 0 Å². The minimum Gasteiger partial charge on any atom is -0.339 e. The summed E-state index contributed by atoms with van der Waals surface area (Å²) in [7, 11) is 0. The van der Waals surface area contributed by atoms with Gasteiger partial charge < -0.3 is 10.2 Å². The summed E-state index contributed by atoms with van der Waals surface area (Å²) in [6.07, 6.45) is 0.280. The molecule has 2 aromatic rings. The molecule has 144 valence electrons. The molecule has 0 spiro atoms. The molecule has 0 saturated heterocycles. The summed E-state index contributed by atoms with van der Waals surface area (Å²) in [5.41, 5.74) is 1.81. The van der Waals surface area contributed by atoms with Crippen LogP contribution in [-0.2, 0) is 4.79 Å². The SMILES string of the molecule is CCN(CC)C(=O)c1cccc(NC(=O)CCC(=O)c2cc(C)sc2C)c1. The molecular weight excluding hydrogens is 360 g/mol. The first kappa shape index (κ1) is 20.8. The molecule has 0 aliphatic heterocycles. The van der Waals surface area contributed by atoms with Crippen LogP contribution < -0.4 is 5.32 Å². The number of carbonyl (C=O) groups excluding carboxylic acids is 3. The molecule has 0 bridgehead atoms. The highest BCUT2D eigenvalue weighted by atomic mass is 32.1. The van der Waals surface area contributed by atoms with Crippen LogP contribution in [0.4, 0.5) is 5.69 Å². The molecule has 2 rings (SSSR count). The van der Waals surface area contributed by atoms with Crippen LogP contribution in [0.15, 0.2) is 30.3 Å². The van der Waals surface area contributed by atoms with E-state index in [0.717, 1.165) is 9.75 Å². The molecule has 2 amide bonds. The van der Waals surface area contributed by atoms with E-state index in [0.29, 0.717) is 29.9 Å². The van der Waals surface area contributed by atoms with Gasteiger partial charge in [0.05, 0.1) is 0 Å². The lowest BCUT2D eigenvalue weighted by molar-refractivity contribution is -0.116. The van der Waals surface area contributed by atoms with Crippen molar-refractivity contribution in [2.24, 2.45) is 0 Å². The first-order valence-corrected chi connectivity index (χ1v) is 9.96. The van der Waals surface area contributed by atoms with E-state index >= 15 is 0 Å². The Hall–Kier alpha value is -2.47. The van der Waals surface area contributed by atoms with Crippen LogP contribution in [-0.4, -0.2) is 35.6 Å². The molecule has 5 nitrogen and oxygen atoms in total. The number of benzene rings is 1. The van der Waals surface area contributed by atoms with E-state index in [1.165, 1.54) is 0 Å². The number of hydrogen-bond donors (Lipinski definition) is 1. The summed E-state index contributed by atoms with van der Waals surface area (Å²) in [5, 5.41) is 2.78. The molecule has 6 heteroatoms. The number of hydrogen-bond acceptors (Lipinski definition) is 4. The Bertz CT molecular complexity index is 838. The van der Waals surface area contributed by atoms with Gasteiger partial charge in [0, 0.05) is 52.5 Å². The second-order valence-corrected chi connectivity index (χ2v) is 7.82. The number of rotatable bonds is 8. The molecule has 0 radical (unpaired) electrons. The lowest BCUT2D eigenvalue weighted by Gasteiger charge is -2.19. The van der Waals surface area contributed by atoms with Crippen LogP contribution in [0.5, 0.6) is 0 Å². The summed E-state index contributed by atoms with van der Waals surface area (Å²) < 4.78 is 0. The van der Waals surface area contributed by atoms with Crippen LogP contribution in [0.2, 0.25) is 0 Å². The Kier molecular flexibility index (Phi) is 7.30. The fourth-order valence-corrected chi connectivity index (χ4v) is 3.86. The Labute approximate surface area is 164 Å². The van der Waals surface area contributed by atoms with Crippen molar-refractivity contribution in [1.29, 1.82) is 0 Å². The number of Topliss-reactive ketones (excluding diaryl/α,β-unsaturated/α-hetero) is 1. The van der Waals surface area contributed by atoms with Crippen molar-refractivity contribution in [2.45, 2.75) is 40.5 Å². The Morgan fingerprint density at radius 1 is 1.04 bits per heavy atom. The van der Waals surface area contributed by atoms with Crippen molar-refractivity contribution in [3.05, 3.63) is 51.2 Å². The molecule has 0 unspecified atom stereocenters. The summed E-state index contributed by atoms with van der Waals surface area (Å²) in [6.45, 7) is 9.02. The van der Waals surface area contributed by atoms with E-state index < -0.39 is 0 Å². The van der Waals surface area contributed by atoms with Gasteiger partial charge in [-0.05, 0) is 52.0 Å². The number of ketones is 1. The molecule has 1 aromatic heterocycles. The minimum absolute atomic E-state index is 0.0162. The molecule has 1 heterocycles. The molecular formula is C21H26N2O3S. The van der Waals surface area contributed by atoms with Crippen LogP contribution in [0.1, 0.15) is 57.2 Å². The number of carbonyl (C=O) groups is 3. The normalized spacial score (nSPS) is 10.5. The zero-order valence-corrected chi connectivity index (χ0v) is 17.1. The van der Waals surface area contributed by atoms with Gasteiger partial charge in [-0.3, -0.25) is 14.4 Å². The van der Waals surface area contributed by atoms with Gasteiger partial charge in [0.15, 0.2) is 5.78 Å². The average molecular weight is 387 g/mol. The highest BCUT2D eigenvalue weighted by Gasteiger charge is 2.15. The van der Waals surface area contributed by atoms with Gasteiger partial charge in [-0.15, -0.1) is 11.3 Å². The van der Waals surface area contributed by atoms with E-state index in [4.69, 9.17) is 0 Å². The van der Waals surface area contributed by atoms with E-state index in [1.807, 2.05) is 33.8 Å². The third kappa shape index (κ3) is 5.50. The Morgan fingerprint density at radius 3 is 2.33 bits per heavy atom. The van der Waals surface area contributed by atoms with Gasteiger partial charge >= 0.3 is 0 Å². The van der Waals surface area contributed by atoms with Crippen molar-refractivity contribution in [1.82, 2.24) is 4.90 Å². The molecule has 0 aliphatic rings.